The molecule has 1 atom stereocenters. The van der Waals surface area contributed by atoms with Gasteiger partial charge in [0.15, 0.2) is 6.10 Å². The smallest absolute Gasteiger partial charge is 0.309 e. The predicted molar refractivity (Wildman–Crippen MR) is 81.2 cm³/mol. The SMILES string of the molecule is COc1cc([N+](=O)[O-])ccc1NC(=O)[C@@H](C)OC(=O)C1CCC1. The monoisotopic (exact) mass is 322 g/mol. The van der Waals surface area contributed by atoms with Gasteiger partial charge in [-0.2, -0.15) is 0 Å². The van der Waals surface area contributed by atoms with Gasteiger partial charge in [0.1, 0.15) is 5.75 Å². The molecule has 1 aliphatic rings. The van der Waals surface area contributed by atoms with Gasteiger partial charge in [-0.1, -0.05) is 6.42 Å². The molecule has 1 fully saturated rings. The van der Waals surface area contributed by atoms with E-state index < -0.39 is 16.9 Å². The van der Waals surface area contributed by atoms with Crippen LogP contribution in [0.2, 0.25) is 0 Å². The van der Waals surface area contributed by atoms with Gasteiger partial charge < -0.3 is 14.8 Å². The van der Waals surface area contributed by atoms with Crippen molar-refractivity contribution in [2.45, 2.75) is 32.3 Å². The van der Waals surface area contributed by atoms with Gasteiger partial charge in [-0.05, 0) is 25.8 Å². The minimum absolute atomic E-state index is 0.112. The van der Waals surface area contributed by atoms with Crippen LogP contribution in [0.15, 0.2) is 18.2 Å². The number of hydrogen-bond donors (Lipinski definition) is 1. The summed E-state index contributed by atoms with van der Waals surface area (Å²) >= 11 is 0. The summed E-state index contributed by atoms with van der Waals surface area (Å²) in [6.07, 6.45) is 1.63. The number of anilines is 1. The summed E-state index contributed by atoms with van der Waals surface area (Å²) in [4.78, 5) is 34.0. The Labute approximate surface area is 132 Å². The number of amides is 1. The number of nitrogens with zero attached hydrogens (tertiary/aromatic N) is 1. The van der Waals surface area contributed by atoms with Crippen molar-refractivity contribution in [3.05, 3.63) is 28.3 Å². The minimum atomic E-state index is -0.956. The van der Waals surface area contributed by atoms with Crippen LogP contribution in [0.3, 0.4) is 0 Å². The van der Waals surface area contributed by atoms with Gasteiger partial charge in [0.25, 0.3) is 11.6 Å². The zero-order valence-corrected chi connectivity index (χ0v) is 12.9. The highest BCUT2D eigenvalue weighted by Gasteiger charge is 2.29. The first-order valence-corrected chi connectivity index (χ1v) is 7.26. The van der Waals surface area contributed by atoms with E-state index in [1.165, 1.54) is 32.2 Å². The number of nitro groups is 1. The summed E-state index contributed by atoms with van der Waals surface area (Å²) in [7, 11) is 1.34. The molecule has 0 bridgehead atoms. The molecule has 8 heteroatoms. The third-order valence-corrected chi connectivity index (χ3v) is 3.75. The number of nitrogens with one attached hydrogen (secondary N) is 1. The quantitative estimate of drug-likeness (QED) is 0.489. The minimum Gasteiger partial charge on any atom is -0.494 e. The molecule has 0 radical (unpaired) electrons. The van der Waals surface area contributed by atoms with E-state index in [9.17, 15) is 19.7 Å². The van der Waals surface area contributed by atoms with Gasteiger partial charge in [-0.3, -0.25) is 19.7 Å². The lowest BCUT2D eigenvalue weighted by atomic mass is 9.86. The van der Waals surface area contributed by atoms with E-state index in [0.717, 1.165) is 19.3 Å². The van der Waals surface area contributed by atoms with Crippen LogP contribution in [-0.2, 0) is 14.3 Å². The lowest BCUT2D eigenvalue weighted by molar-refractivity contribution is -0.384. The third-order valence-electron chi connectivity index (χ3n) is 3.75. The Kier molecular flexibility index (Phi) is 5.15. The molecule has 8 nitrogen and oxygen atoms in total. The van der Waals surface area contributed by atoms with Crippen molar-refractivity contribution < 1.29 is 24.0 Å². The van der Waals surface area contributed by atoms with Gasteiger partial charge >= 0.3 is 5.97 Å². The van der Waals surface area contributed by atoms with Crippen LogP contribution in [0.4, 0.5) is 11.4 Å². The van der Waals surface area contributed by atoms with Crippen LogP contribution >= 0.6 is 0 Å². The molecule has 0 saturated heterocycles. The van der Waals surface area contributed by atoms with Gasteiger partial charge in [-0.25, -0.2) is 0 Å². The van der Waals surface area contributed by atoms with E-state index in [4.69, 9.17) is 9.47 Å². The molecule has 0 unspecified atom stereocenters. The molecule has 1 aromatic rings. The highest BCUT2D eigenvalue weighted by Crippen LogP contribution is 2.30. The first-order valence-electron chi connectivity index (χ1n) is 7.26. The van der Waals surface area contributed by atoms with Crippen LogP contribution in [0.1, 0.15) is 26.2 Å². The number of nitro benzene ring substituents is 1. The molecule has 1 aliphatic carbocycles. The average molecular weight is 322 g/mol. The summed E-state index contributed by atoms with van der Waals surface area (Å²) in [6.45, 7) is 1.48. The van der Waals surface area contributed by atoms with Crippen molar-refractivity contribution in [3.63, 3.8) is 0 Å². The molecule has 23 heavy (non-hydrogen) atoms. The molecule has 124 valence electrons. The number of rotatable bonds is 6. The Bertz CT molecular complexity index is 626. The van der Waals surface area contributed by atoms with E-state index in [1.807, 2.05) is 0 Å². The van der Waals surface area contributed by atoms with Gasteiger partial charge in [-0.15, -0.1) is 0 Å². The molecule has 1 N–H and O–H groups in total. The number of esters is 1. The van der Waals surface area contributed by atoms with E-state index in [-0.39, 0.29) is 29.0 Å². The molecular weight excluding hydrogens is 304 g/mol. The third kappa shape index (κ3) is 3.97. The Morgan fingerprint density at radius 1 is 1.39 bits per heavy atom. The molecule has 1 saturated carbocycles. The summed E-state index contributed by atoms with van der Waals surface area (Å²) in [5, 5.41) is 13.3. The Morgan fingerprint density at radius 2 is 2.09 bits per heavy atom. The topological polar surface area (TPSA) is 108 Å². The number of hydrogen-bond acceptors (Lipinski definition) is 6. The largest absolute Gasteiger partial charge is 0.494 e. The zero-order valence-electron chi connectivity index (χ0n) is 12.9. The molecule has 0 heterocycles. The second-order valence-corrected chi connectivity index (χ2v) is 5.34. The fourth-order valence-corrected chi connectivity index (χ4v) is 2.10. The fraction of sp³-hybridized carbons (Fsp3) is 0.467. The highest BCUT2D eigenvalue weighted by molar-refractivity contribution is 5.96. The van der Waals surface area contributed by atoms with Crippen LogP contribution in [-0.4, -0.2) is 30.0 Å². The zero-order chi connectivity index (χ0) is 17.0. The summed E-state index contributed by atoms with van der Waals surface area (Å²) in [5.41, 5.74) is 0.124. The van der Waals surface area contributed by atoms with Crippen molar-refractivity contribution in [1.82, 2.24) is 0 Å². The van der Waals surface area contributed by atoms with Crippen LogP contribution in [0.5, 0.6) is 5.75 Å². The lowest BCUT2D eigenvalue weighted by Gasteiger charge is -2.25. The summed E-state index contributed by atoms with van der Waals surface area (Å²) in [6, 6.07) is 3.83. The van der Waals surface area contributed by atoms with Crippen LogP contribution < -0.4 is 10.1 Å². The Balaban J connectivity index is 2.01. The number of carbonyl (C=O) groups is 2. The van der Waals surface area contributed by atoms with Crippen molar-refractivity contribution >= 4 is 23.3 Å². The number of carbonyl (C=O) groups excluding carboxylic acids is 2. The first-order chi connectivity index (χ1) is 10.9. The maximum atomic E-state index is 12.1. The summed E-state index contributed by atoms with van der Waals surface area (Å²) < 4.78 is 10.2. The maximum absolute atomic E-state index is 12.1. The van der Waals surface area contributed by atoms with E-state index in [0.29, 0.717) is 0 Å². The van der Waals surface area contributed by atoms with Crippen LogP contribution in [0, 0.1) is 16.0 Å². The molecule has 1 amide bonds. The van der Waals surface area contributed by atoms with Gasteiger partial charge in [0.05, 0.1) is 29.7 Å². The molecule has 0 aromatic heterocycles. The average Bonchev–Trinajstić information content (AvgIpc) is 2.45. The van der Waals surface area contributed by atoms with Gasteiger partial charge in [0.2, 0.25) is 0 Å². The van der Waals surface area contributed by atoms with Crippen molar-refractivity contribution in [2.75, 3.05) is 12.4 Å². The number of benzene rings is 1. The highest BCUT2D eigenvalue weighted by atomic mass is 16.6. The Hall–Kier alpha value is -2.64. The second-order valence-electron chi connectivity index (χ2n) is 5.34. The van der Waals surface area contributed by atoms with Crippen molar-refractivity contribution in [2.24, 2.45) is 5.92 Å². The Morgan fingerprint density at radius 3 is 2.61 bits per heavy atom. The number of non-ortho nitro benzene ring substituents is 1. The number of methoxy groups -OCH3 is 1. The van der Waals surface area contributed by atoms with E-state index in [1.54, 1.807) is 0 Å². The maximum Gasteiger partial charge on any atom is 0.309 e. The predicted octanol–water partition coefficient (Wildman–Crippen LogP) is 2.27. The molecule has 2 rings (SSSR count). The molecule has 0 spiro atoms. The van der Waals surface area contributed by atoms with Crippen LogP contribution in [0.25, 0.3) is 0 Å². The molecular formula is C15H18N2O6. The lowest BCUT2D eigenvalue weighted by Crippen LogP contribution is -2.34. The van der Waals surface area contributed by atoms with Gasteiger partial charge in [0, 0.05) is 6.07 Å². The van der Waals surface area contributed by atoms with E-state index >= 15 is 0 Å². The fourth-order valence-electron chi connectivity index (χ4n) is 2.10. The normalized spacial score (nSPS) is 15.2. The van der Waals surface area contributed by atoms with Crippen molar-refractivity contribution in [1.29, 1.82) is 0 Å². The molecule has 1 aromatic carbocycles. The van der Waals surface area contributed by atoms with Crippen molar-refractivity contribution in [3.8, 4) is 5.75 Å². The number of ether oxygens (including phenoxy) is 2. The molecule has 0 aliphatic heterocycles. The van der Waals surface area contributed by atoms with E-state index in [2.05, 4.69) is 5.32 Å². The standard InChI is InChI=1S/C15H18N2O6/c1-9(23-15(19)10-4-3-5-10)14(18)16-12-7-6-11(17(20)21)8-13(12)22-2/h6-10H,3-5H2,1-2H3,(H,16,18)/t9-/m1/s1. The summed E-state index contributed by atoms with van der Waals surface area (Å²) in [5.74, 6) is -0.844. The second kappa shape index (κ2) is 7.08. The first kappa shape index (κ1) is 16.7.